The highest BCUT2D eigenvalue weighted by molar-refractivity contribution is 6.43. The van der Waals surface area contributed by atoms with Crippen LogP contribution in [0.15, 0.2) is 183 Å². The summed E-state index contributed by atoms with van der Waals surface area (Å²) in [7, 11) is 7.64. The Bertz CT molecular complexity index is 6470. The molecule has 0 unspecified atom stereocenters. The third-order valence-corrected chi connectivity index (χ3v) is 21.3. The largest absolute Gasteiger partial charge is 0.504 e. The van der Waals surface area contributed by atoms with Crippen molar-refractivity contribution in [2.75, 3.05) is 45.7 Å². The van der Waals surface area contributed by atoms with Crippen molar-refractivity contribution in [1.29, 1.82) is 0 Å². The molecular weight excluding hydrogens is 1800 g/mol. The lowest BCUT2D eigenvalue weighted by atomic mass is 10.1. The van der Waals surface area contributed by atoms with Crippen LogP contribution in [0.3, 0.4) is 0 Å². The van der Waals surface area contributed by atoms with E-state index in [1.165, 1.54) is 36.4 Å². The van der Waals surface area contributed by atoms with Gasteiger partial charge in [0.15, 0.2) is 34.5 Å². The molecule has 0 spiro atoms. The van der Waals surface area contributed by atoms with Crippen molar-refractivity contribution in [2.24, 2.45) is 7.05 Å². The van der Waals surface area contributed by atoms with Crippen molar-refractivity contribution in [3.8, 4) is 45.9 Å². The van der Waals surface area contributed by atoms with E-state index in [9.17, 15) is 40.2 Å². The van der Waals surface area contributed by atoms with Gasteiger partial charge in [0.2, 0.25) is 0 Å². The minimum Gasteiger partial charge on any atom is -0.504 e. The van der Waals surface area contributed by atoms with Crippen molar-refractivity contribution in [2.45, 2.75) is 32.9 Å². The van der Waals surface area contributed by atoms with Crippen LogP contribution in [0.1, 0.15) is 50.7 Å². The van der Waals surface area contributed by atoms with E-state index in [0.717, 1.165) is 40.8 Å². The average molecular weight is 1870 g/mol. The Labute approximate surface area is 751 Å². The predicted molar refractivity (Wildman–Crippen MR) is 485 cm³/mol. The third kappa shape index (κ3) is 22.8. The Morgan fingerprint density at radius 1 is 0.421 bits per heavy atom. The van der Waals surface area contributed by atoms with Crippen molar-refractivity contribution in [1.82, 2.24) is 80.2 Å². The molecule has 121 heavy (non-hydrogen) atoms. The van der Waals surface area contributed by atoms with Gasteiger partial charge in [-0.1, -0.05) is 158 Å². The zero-order chi connectivity index (χ0) is 87.0. The number of halogens is 12. The van der Waals surface area contributed by atoms with E-state index < -0.39 is 0 Å². The number of aromatic nitrogens is 12. The van der Waals surface area contributed by atoms with Crippen LogP contribution in [-0.4, -0.2) is 148 Å². The Kier molecular flexibility index (Phi) is 31.5. The monoisotopic (exact) mass is 1860 g/mol. The Balaban J connectivity index is 0.000000142. The highest BCUT2D eigenvalue weighted by Gasteiger charge is 2.21. The number of pyridine rings is 8. The molecule has 0 bridgehead atoms. The summed E-state index contributed by atoms with van der Waals surface area (Å²) < 4.78 is 1.85. The van der Waals surface area contributed by atoms with Crippen LogP contribution < -0.4 is 20.9 Å². The van der Waals surface area contributed by atoms with Gasteiger partial charge in [0.05, 0.1) is 101 Å². The second-order valence-corrected chi connectivity index (χ2v) is 31.4. The number of carbonyl (C=O) groups excluding carboxylic acids is 2. The van der Waals surface area contributed by atoms with Gasteiger partial charge in [0, 0.05) is 116 Å². The summed E-state index contributed by atoms with van der Waals surface area (Å²) in [4.78, 5) is 73.6. The summed E-state index contributed by atoms with van der Waals surface area (Å²) in [6.45, 7) is 5.09. The topological polar surface area (TPSA) is 348 Å². The number of aryl methyl sites for hydroxylation is 1. The lowest BCUT2D eigenvalue weighted by Gasteiger charge is -2.17. The standard InChI is InChI=1S/C16H14Cl2N4O2.C15H12Cl2N4O2.C15H11Cl2N3O.C14H8Cl2N2O.2C12H12Cl2N2O/c1-22-7-9(20-8-22)4-5-19-16(24)13-3-2-10-11(17)6-12(18)15(23)14(10)21-13;16-10-5-11(17)14(22)13-9(10)1-2-12(21-13)15(23)19-4-3-8-6-18-7-20-8;1-20(12-4-2-3-7-18-12)13-6-5-9-10(16)8-11(17)15(21)14(9)19-13;15-9-7-10(16)14(19)13-8(9)4-5-12(18-13)11-3-1-2-6-17-11;1-16(2)6-7-3-4-8-9(13)5-10(14)12(17)11(8)15-7;1-2-15-6-7-3-4-8-9(13)5-10(14)12(17)11(8)16-7/h2-3,6-8,23H,4-5H2,1H3,(H,19,24);1-2,5-7,22H,3-4H2,(H,18,20)(H,19,23);2-8,21H,1H3;1-7,19H;3-5,17H,6H2,1-2H3;3-5,15,17H,2,6H2,1H3. The molecule has 0 saturated heterocycles. The number of nitrogens with one attached hydrogen (secondary N) is 4. The van der Waals surface area contributed by atoms with Crippen LogP contribution in [0.4, 0.5) is 11.6 Å². The van der Waals surface area contributed by atoms with Crippen molar-refractivity contribution in [3.05, 3.63) is 277 Å². The number of fused-ring (bicyclic) bond motifs is 6. The summed E-state index contributed by atoms with van der Waals surface area (Å²) in [6.07, 6.45) is 11.5. The Morgan fingerprint density at radius 3 is 1.26 bits per heavy atom. The van der Waals surface area contributed by atoms with Crippen LogP contribution in [0.2, 0.25) is 60.3 Å². The quantitative estimate of drug-likeness (QED) is 0.0429. The van der Waals surface area contributed by atoms with Gasteiger partial charge in [-0.15, -0.1) is 0 Å². The number of hydrogen-bond acceptors (Lipinski definition) is 21. The lowest BCUT2D eigenvalue weighted by molar-refractivity contribution is 0.0941. The van der Waals surface area contributed by atoms with Gasteiger partial charge in [-0.3, -0.25) is 14.6 Å². The molecule has 0 saturated carbocycles. The number of rotatable bonds is 16. The highest BCUT2D eigenvalue weighted by Crippen LogP contribution is 2.43. The first-order chi connectivity index (χ1) is 57.9. The molecule has 2 amide bonds. The number of hydrogen-bond donors (Lipinski definition) is 10. The fraction of sp³-hybridized carbons (Fsp3) is 0.143. The average Bonchev–Trinajstić information content (AvgIpc) is 1.53. The maximum atomic E-state index is 12.2. The fourth-order valence-electron chi connectivity index (χ4n) is 11.6. The number of aromatic hydroxyl groups is 6. The summed E-state index contributed by atoms with van der Waals surface area (Å²) in [5, 5.41) is 75.9. The number of imidazole rings is 2. The van der Waals surface area contributed by atoms with Gasteiger partial charge >= 0.3 is 0 Å². The zero-order valence-electron chi connectivity index (χ0n) is 64.1. The molecule has 10 N–H and O–H groups in total. The van der Waals surface area contributed by atoms with Gasteiger partial charge in [-0.05, 0) is 154 Å². The van der Waals surface area contributed by atoms with Crippen molar-refractivity contribution < 1.29 is 40.2 Å². The molecular formula is C84H69Cl12N17O8. The van der Waals surface area contributed by atoms with Crippen LogP contribution in [-0.2, 0) is 33.0 Å². The van der Waals surface area contributed by atoms with Crippen molar-refractivity contribution in [3.63, 3.8) is 0 Å². The molecule has 10 aromatic heterocycles. The molecule has 10 heterocycles. The highest BCUT2D eigenvalue weighted by atomic mass is 35.5. The van der Waals surface area contributed by atoms with E-state index >= 15 is 0 Å². The van der Waals surface area contributed by atoms with Gasteiger partial charge in [0.25, 0.3) is 11.8 Å². The number of anilines is 2. The van der Waals surface area contributed by atoms with E-state index in [2.05, 4.69) is 70.8 Å². The van der Waals surface area contributed by atoms with E-state index in [1.54, 1.807) is 67.6 Å². The molecule has 6 aromatic carbocycles. The summed E-state index contributed by atoms with van der Waals surface area (Å²) in [5.41, 5.74) is 7.27. The number of benzene rings is 6. The van der Waals surface area contributed by atoms with E-state index in [0.29, 0.717) is 135 Å². The minimum atomic E-state index is -0.345. The number of nitrogens with zero attached hydrogens (tertiary/aromatic N) is 13. The molecule has 0 radical (unpaired) electrons. The third-order valence-electron chi connectivity index (χ3n) is 17.7. The van der Waals surface area contributed by atoms with Gasteiger partial charge in [-0.25, -0.2) is 44.9 Å². The normalized spacial score (nSPS) is 11.0. The van der Waals surface area contributed by atoms with Gasteiger partial charge in [-0.2, -0.15) is 0 Å². The van der Waals surface area contributed by atoms with E-state index in [4.69, 9.17) is 139 Å². The number of carbonyl (C=O) groups is 2. The molecule has 0 aliphatic rings. The molecule has 16 rings (SSSR count). The molecule has 0 atom stereocenters. The fourth-order valence-corrected chi connectivity index (χ4v) is 14.7. The number of amides is 2. The minimum absolute atomic E-state index is 0.0216. The molecule has 16 aromatic rings. The van der Waals surface area contributed by atoms with Crippen LogP contribution in [0.5, 0.6) is 34.5 Å². The number of phenolic OH excluding ortho intramolecular Hbond substituents is 6. The second kappa shape index (κ2) is 41.8. The van der Waals surface area contributed by atoms with Crippen LogP contribution in [0, 0.1) is 0 Å². The molecule has 622 valence electrons. The van der Waals surface area contributed by atoms with Crippen LogP contribution >= 0.6 is 139 Å². The summed E-state index contributed by atoms with van der Waals surface area (Å²) in [6, 6.07) is 41.1. The lowest BCUT2D eigenvalue weighted by Crippen LogP contribution is -2.26. The second-order valence-electron chi connectivity index (χ2n) is 26.5. The molecule has 0 aliphatic carbocycles. The first-order valence-electron chi connectivity index (χ1n) is 36.1. The number of phenols is 6. The maximum Gasteiger partial charge on any atom is 0.269 e. The SMILES string of the molecule is CCNCc1ccc2c(Cl)cc(Cl)c(O)c2n1.CN(C)Cc1ccc2c(Cl)cc(Cl)c(O)c2n1.CN(c1ccccn1)c1ccc2c(Cl)cc(Cl)c(O)c2n1.Cn1cnc(CCNC(=O)c2ccc3c(Cl)cc(Cl)c(O)c3n2)c1.O=C(NCCc1cnc[nH]1)c1ccc2c(Cl)cc(Cl)c(O)c2n1.Oc1c(Cl)cc(Cl)c2ccc(-c3ccccn3)nc12. The Morgan fingerprint density at radius 2 is 0.835 bits per heavy atom. The van der Waals surface area contributed by atoms with E-state index in [1.807, 2.05) is 128 Å². The van der Waals surface area contributed by atoms with Crippen LogP contribution in [0.25, 0.3) is 76.8 Å². The molecule has 0 fully saturated rings. The smallest absolute Gasteiger partial charge is 0.269 e. The summed E-state index contributed by atoms with van der Waals surface area (Å²) in [5.74, 6) is 0.108. The summed E-state index contributed by atoms with van der Waals surface area (Å²) >= 11 is 71.8. The zero-order valence-corrected chi connectivity index (χ0v) is 73.2. The van der Waals surface area contributed by atoms with Gasteiger partial charge in [0.1, 0.15) is 56.1 Å². The van der Waals surface area contributed by atoms with Gasteiger partial charge < -0.3 is 65.9 Å². The molecule has 25 nitrogen and oxygen atoms in total. The van der Waals surface area contributed by atoms with Crippen molar-refractivity contribution >= 4 is 228 Å². The number of aromatic amines is 1. The maximum absolute atomic E-state index is 12.2. The first-order valence-corrected chi connectivity index (χ1v) is 40.7. The number of H-pyrrole nitrogens is 1. The first kappa shape index (κ1) is 91.2. The van der Waals surface area contributed by atoms with E-state index in [-0.39, 0.29) is 98.9 Å². The molecule has 37 heteroatoms. The predicted octanol–water partition coefficient (Wildman–Crippen LogP) is 21.3. The Hall–Kier alpha value is -10.6. The molecule has 0 aliphatic heterocycles.